The number of benzene rings is 2. The second-order valence-electron chi connectivity index (χ2n) is 6.02. The Hall–Kier alpha value is -2.60. The van der Waals surface area contributed by atoms with Crippen LogP contribution in [0, 0.1) is 17.2 Å². The van der Waals surface area contributed by atoms with E-state index in [0.717, 1.165) is 25.7 Å². The van der Waals surface area contributed by atoms with Crippen molar-refractivity contribution >= 4 is 5.97 Å². The van der Waals surface area contributed by atoms with Gasteiger partial charge in [-0.15, -0.1) is 0 Å². The number of hydrogen-bond acceptors (Lipinski definition) is 3. The molecule has 1 saturated carbocycles. The molecule has 0 atom stereocenters. The van der Waals surface area contributed by atoms with Gasteiger partial charge in [-0.3, -0.25) is 4.79 Å². The average Bonchev–Trinajstić information content (AvgIpc) is 2.63. The van der Waals surface area contributed by atoms with Crippen molar-refractivity contribution in [2.45, 2.75) is 31.6 Å². The SMILES string of the molecule is N#Cc1ccc(OC(=O)[C@H]2CC[C@H](c3ccccc3)CC2)cc1. The summed E-state index contributed by atoms with van der Waals surface area (Å²) in [6.07, 6.45) is 3.79. The highest BCUT2D eigenvalue weighted by molar-refractivity contribution is 5.75. The number of rotatable bonds is 3. The average molecular weight is 305 g/mol. The van der Waals surface area contributed by atoms with Crippen LogP contribution in [0.15, 0.2) is 54.6 Å². The summed E-state index contributed by atoms with van der Waals surface area (Å²) >= 11 is 0. The number of nitriles is 1. The van der Waals surface area contributed by atoms with Crippen molar-refractivity contribution in [3.63, 3.8) is 0 Å². The van der Waals surface area contributed by atoms with E-state index >= 15 is 0 Å². The van der Waals surface area contributed by atoms with E-state index in [2.05, 4.69) is 30.3 Å². The van der Waals surface area contributed by atoms with Gasteiger partial charge in [0.15, 0.2) is 0 Å². The molecular weight excluding hydrogens is 286 g/mol. The van der Waals surface area contributed by atoms with Gasteiger partial charge in [0.25, 0.3) is 0 Å². The molecule has 3 nitrogen and oxygen atoms in total. The summed E-state index contributed by atoms with van der Waals surface area (Å²) in [5.41, 5.74) is 1.93. The maximum absolute atomic E-state index is 12.3. The third-order valence-electron chi connectivity index (χ3n) is 4.53. The van der Waals surface area contributed by atoms with E-state index in [0.29, 0.717) is 17.2 Å². The summed E-state index contributed by atoms with van der Waals surface area (Å²) in [5, 5.41) is 8.78. The van der Waals surface area contributed by atoms with Gasteiger partial charge in [0, 0.05) is 0 Å². The van der Waals surface area contributed by atoms with Crippen LogP contribution < -0.4 is 4.74 Å². The minimum Gasteiger partial charge on any atom is -0.426 e. The Morgan fingerprint density at radius 3 is 2.22 bits per heavy atom. The van der Waals surface area contributed by atoms with Crippen LogP contribution in [0.2, 0.25) is 0 Å². The highest BCUT2D eigenvalue weighted by atomic mass is 16.5. The summed E-state index contributed by atoms with van der Waals surface area (Å²) in [5.74, 6) is 0.890. The van der Waals surface area contributed by atoms with Crippen LogP contribution in [0.25, 0.3) is 0 Å². The number of ether oxygens (including phenoxy) is 1. The molecule has 0 heterocycles. The first-order chi connectivity index (χ1) is 11.3. The second kappa shape index (κ2) is 7.11. The van der Waals surface area contributed by atoms with Crippen LogP contribution in [-0.2, 0) is 4.79 Å². The van der Waals surface area contributed by atoms with Crippen LogP contribution in [0.4, 0.5) is 0 Å². The molecule has 23 heavy (non-hydrogen) atoms. The lowest BCUT2D eigenvalue weighted by molar-refractivity contribution is -0.140. The first kappa shape index (κ1) is 15.3. The lowest BCUT2D eigenvalue weighted by Gasteiger charge is -2.27. The fourth-order valence-electron chi connectivity index (χ4n) is 3.18. The van der Waals surface area contributed by atoms with E-state index in [4.69, 9.17) is 10.00 Å². The molecule has 0 aliphatic heterocycles. The van der Waals surface area contributed by atoms with Gasteiger partial charge in [0.1, 0.15) is 5.75 Å². The number of esters is 1. The molecule has 0 radical (unpaired) electrons. The number of carbonyl (C=O) groups excluding carboxylic acids is 1. The molecule has 0 N–H and O–H groups in total. The van der Waals surface area contributed by atoms with Gasteiger partial charge in [0.05, 0.1) is 17.6 Å². The molecule has 1 aliphatic carbocycles. The fourth-order valence-corrected chi connectivity index (χ4v) is 3.18. The molecule has 2 aromatic carbocycles. The van der Waals surface area contributed by atoms with Crippen molar-refractivity contribution in [1.29, 1.82) is 5.26 Å². The molecule has 0 saturated heterocycles. The van der Waals surface area contributed by atoms with Crippen LogP contribution in [0.3, 0.4) is 0 Å². The summed E-state index contributed by atoms with van der Waals surface area (Å²) in [7, 11) is 0. The van der Waals surface area contributed by atoms with E-state index < -0.39 is 0 Å². The molecule has 1 aliphatic rings. The molecule has 0 unspecified atom stereocenters. The highest BCUT2D eigenvalue weighted by Crippen LogP contribution is 2.36. The number of hydrogen-bond donors (Lipinski definition) is 0. The standard InChI is InChI=1S/C20H19NO2/c21-14-15-6-12-19(13-7-15)23-20(22)18-10-8-17(9-11-18)16-4-2-1-3-5-16/h1-7,12-13,17-18H,8-11H2/t17-,18-. The topological polar surface area (TPSA) is 50.1 Å². The van der Waals surface area contributed by atoms with Crippen molar-refractivity contribution in [3.05, 3.63) is 65.7 Å². The van der Waals surface area contributed by atoms with Gasteiger partial charge in [-0.25, -0.2) is 0 Å². The smallest absolute Gasteiger partial charge is 0.314 e. The first-order valence-electron chi connectivity index (χ1n) is 8.03. The third-order valence-corrected chi connectivity index (χ3v) is 4.53. The largest absolute Gasteiger partial charge is 0.426 e. The summed E-state index contributed by atoms with van der Waals surface area (Å²) in [6.45, 7) is 0. The van der Waals surface area contributed by atoms with Crippen LogP contribution in [-0.4, -0.2) is 5.97 Å². The lowest BCUT2D eigenvalue weighted by atomic mass is 9.79. The fraction of sp³-hybridized carbons (Fsp3) is 0.300. The monoisotopic (exact) mass is 305 g/mol. The Morgan fingerprint density at radius 1 is 0.957 bits per heavy atom. The molecule has 3 heteroatoms. The first-order valence-corrected chi connectivity index (χ1v) is 8.03. The molecule has 0 spiro atoms. The van der Waals surface area contributed by atoms with Crippen molar-refractivity contribution in [3.8, 4) is 11.8 Å². The van der Waals surface area contributed by atoms with Crippen molar-refractivity contribution in [2.75, 3.05) is 0 Å². The normalized spacial score (nSPS) is 20.5. The molecule has 0 bridgehead atoms. The molecule has 0 amide bonds. The second-order valence-corrected chi connectivity index (χ2v) is 6.02. The molecule has 3 rings (SSSR count). The van der Waals surface area contributed by atoms with Crippen LogP contribution in [0.1, 0.15) is 42.7 Å². The summed E-state index contributed by atoms with van der Waals surface area (Å²) in [4.78, 5) is 12.3. The maximum atomic E-state index is 12.3. The predicted octanol–water partition coefficient (Wildman–Crippen LogP) is 4.44. The van der Waals surface area contributed by atoms with Gasteiger partial charge in [-0.05, 0) is 61.4 Å². The molecule has 0 aromatic heterocycles. The quantitative estimate of drug-likeness (QED) is 0.622. The Bertz CT molecular complexity index is 693. The summed E-state index contributed by atoms with van der Waals surface area (Å²) < 4.78 is 5.45. The maximum Gasteiger partial charge on any atom is 0.314 e. The Labute approximate surface area is 136 Å². The third kappa shape index (κ3) is 3.78. The van der Waals surface area contributed by atoms with Gasteiger partial charge in [-0.2, -0.15) is 5.26 Å². The van der Waals surface area contributed by atoms with E-state index in [1.165, 1.54) is 5.56 Å². The van der Waals surface area contributed by atoms with Gasteiger partial charge < -0.3 is 4.74 Å². The zero-order chi connectivity index (χ0) is 16.1. The summed E-state index contributed by atoms with van der Waals surface area (Å²) in [6, 6.07) is 19.2. The molecule has 1 fully saturated rings. The molecule has 2 aromatic rings. The Morgan fingerprint density at radius 2 is 1.61 bits per heavy atom. The van der Waals surface area contributed by atoms with E-state index in [-0.39, 0.29) is 11.9 Å². The van der Waals surface area contributed by atoms with E-state index in [1.54, 1.807) is 24.3 Å². The van der Waals surface area contributed by atoms with E-state index in [9.17, 15) is 4.79 Å². The zero-order valence-electron chi connectivity index (χ0n) is 12.9. The van der Waals surface area contributed by atoms with Crippen LogP contribution >= 0.6 is 0 Å². The van der Waals surface area contributed by atoms with Gasteiger partial charge >= 0.3 is 5.97 Å². The molecule has 116 valence electrons. The zero-order valence-corrected chi connectivity index (χ0v) is 12.9. The number of carbonyl (C=O) groups is 1. The van der Waals surface area contributed by atoms with E-state index in [1.807, 2.05) is 6.07 Å². The lowest BCUT2D eigenvalue weighted by Crippen LogP contribution is -2.25. The Kier molecular flexibility index (Phi) is 4.73. The highest BCUT2D eigenvalue weighted by Gasteiger charge is 2.28. The van der Waals surface area contributed by atoms with Crippen molar-refractivity contribution < 1.29 is 9.53 Å². The Balaban J connectivity index is 1.55. The number of nitrogens with zero attached hydrogens (tertiary/aromatic N) is 1. The minimum absolute atomic E-state index is 0.0226. The predicted molar refractivity (Wildman–Crippen MR) is 87.9 cm³/mol. The molecular formula is C20H19NO2. The van der Waals surface area contributed by atoms with Gasteiger partial charge in [-0.1, -0.05) is 30.3 Å². The van der Waals surface area contributed by atoms with Crippen LogP contribution in [0.5, 0.6) is 5.75 Å². The van der Waals surface area contributed by atoms with Gasteiger partial charge in [0.2, 0.25) is 0 Å². The minimum atomic E-state index is -0.152. The van der Waals surface area contributed by atoms with Crippen molar-refractivity contribution in [2.24, 2.45) is 5.92 Å². The van der Waals surface area contributed by atoms with Crippen molar-refractivity contribution in [1.82, 2.24) is 0 Å².